The second-order valence-corrected chi connectivity index (χ2v) is 6.39. The van der Waals surface area contributed by atoms with Crippen LogP contribution in [0, 0.1) is 0 Å². The largest absolute Gasteiger partial charge is 0.348 e. The first-order valence-electron chi connectivity index (χ1n) is 9.04. The second-order valence-electron chi connectivity index (χ2n) is 6.39. The number of benzene rings is 1. The van der Waals surface area contributed by atoms with Crippen LogP contribution >= 0.6 is 0 Å². The van der Waals surface area contributed by atoms with E-state index >= 15 is 0 Å². The van der Waals surface area contributed by atoms with Gasteiger partial charge >= 0.3 is 0 Å². The zero-order chi connectivity index (χ0) is 17.9. The molecular weight excluding hydrogens is 314 g/mol. The summed E-state index contributed by atoms with van der Waals surface area (Å²) in [6, 6.07) is 13.4. The number of rotatable bonds is 10. The Balaban J connectivity index is 1.53. The zero-order valence-corrected chi connectivity index (χ0v) is 14.8. The molecule has 0 aliphatic heterocycles. The Hall–Kier alpha value is -2.43. The molecule has 25 heavy (non-hydrogen) atoms. The lowest BCUT2D eigenvalue weighted by Gasteiger charge is -2.12. The van der Waals surface area contributed by atoms with Gasteiger partial charge in [-0.1, -0.05) is 49.6 Å². The van der Waals surface area contributed by atoms with Crippen molar-refractivity contribution >= 4 is 5.91 Å². The number of nitrogens with zero attached hydrogens (tertiary/aromatic N) is 1. The molecular formula is C20H27N3O2. The third-order valence-corrected chi connectivity index (χ3v) is 4.23. The summed E-state index contributed by atoms with van der Waals surface area (Å²) in [5, 5.41) is 9.23. The molecule has 0 fully saturated rings. The van der Waals surface area contributed by atoms with Crippen LogP contribution in [0.4, 0.5) is 0 Å². The fourth-order valence-corrected chi connectivity index (χ4v) is 2.77. The van der Waals surface area contributed by atoms with E-state index < -0.39 is 0 Å². The van der Waals surface area contributed by atoms with Gasteiger partial charge in [0.25, 0.3) is 5.56 Å². The van der Waals surface area contributed by atoms with Crippen LogP contribution in [0.5, 0.6) is 0 Å². The number of unbranched alkanes of at least 4 members (excludes halogenated alkanes) is 4. The molecule has 1 aromatic heterocycles. The van der Waals surface area contributed by atoms with Crippen molar-refractivity contribution in [2.45, 2.75) is 57.9 Å². The summed E-state index contributed by atoms with van der Waals surface area (Å²) in [5.41, 5.74) is 1.81. The fourth-order valence-electron chi connectivity index (χ4n) is 2.77. The highest BCUT2D eigenvalue weighted by Crippen LogP contribution is 2.11. The van der Waals surface area contributed by atoms with Gasteiger partial charge in [-0.2, -0.15) is 5.10 Å². The lowest BCUT2D eigenvalue weighted by atomic mass is 10.0. The van der Waals surface area contributed by atoms with Crippen molar-refractivity contribution in [3.05, 3.63) is 64.1 Å². The molecule has 0 spiro atoms. The van der Waals surface area contributed by atoms with Gasteiger partial charge in [0.2, 0.25) is 5.91 Å². The highest BCUT2D eigenvalue weighted by molar-refractivity contribution is 5.76. The summed E-state index contributed by atoms with van der Waals surface area (Å²) >= 11 is 0. The average Bonchev–Trinajstić information content (AvgIpc) is 2.62. The van der Waals surface area contributed by atoms with Gasteiger partial charge < -0.3 is 5.32 Å². The van der Waals surface area contributed by atoms with Gasteiger partial charge in [0.05, 0.1) is 11.7 Å². The van der Waals surface area contributed by atoms with Crippen molar-refractivity contribution in [1.82, 2.24) is 15.5 Å². The maximum Gasteiger partial charge on any atom is 0.264 e. The Kier molecular flexibility index (Phi) is 7.89. The lowest BCUT2D eigenvalue weighted by molar-refractivity contribution is -0.121. The van der Waals surface area contributed by atoms with E-state index in [1.165, 1.54) is 24.5 Å². The Morgan fingerprint density at radius 1 is 1.04 bits per heavy atom. The average molecular weight is 341 g/mol. The number of aryl methyl sites for hydroxylation is 1. The summed E-state index contributed by atoms with van der Waals surface area (Å²) in [5.74, 6) is 0.0322. The number of hydrogen-bond acceptors (Lipinski definition) is 3. The number of hydrogen-bond donors (Lipinski definition) is 2. The number of carbonyl (C=O) groups is 1. The Labute approximate surface area is 148 Å². The summed E-state index contributed by atoms with van der Waals surface area (Å²) in [6.07, 6.45) is 7.21. The van der Waals surface area contributed by atoms with E-state index in [0.717, 1.165) is 25.7 Å². The molecule has 0 saturated carbocycles. The van der Waals surface area contributed by atoms with Gasteiger partial charge in [0.1, 0.15) is 0 Å². The smallest absolute Gasteiger partial charge is 0.264 e. The highest BCUT2D eigenvalue weighted by atomic mass is 16.1. The van der Waals surface area contributed by atoms with Crippen molar-refractivity contribution in [3.8, 4) is 0 Å². The van der Waals surface area contributed by atoms with E-state index in [1.54, 1.807) is 6.07 Å². The van der Waals surface area contributed by atoms with Crippen molar-refractivity contribution in [1.29, 1.82) is 0 Å². The van der Waals surface area contributed by atoms with Crippen molar-refractivity contribution in [3.63, 3.8) is 0 Å². The van der Waals surface area contributed by atoms with Crippen LogP contribution in [0.2, 0.25) is 0 Å². The molecule has 0 saturated heterocycles. The van der Waals surface area contributed by atoms with Crippen molar-refractivity contribution in [2.75, 3.05) is 0 Å². The van der Waals surface area contributed by atoms with E-state index in [0.29, 0.717) is 12.1 Å². The summed E-state index contributed by atoms with van der Waals surface area (Å²) in [4.78, 5) is 22.9. The van der Waals surface area contributed by atoms with Crippen LogP contribution in [-0.2, 0) is 11.2 Å². The minimum Gasteiger partial charge on any atom is -0.348 e. The van der Waals surface area contributed by atoms with Crippen LogP contribution in [0.3, 0.4) is 0 Å². The minimum atomic E-state index is -0.241. The van der Waals surface area contributed by atoms with Crippen LogP contribution in [-0.4, -0.2) is 16.1 Å². The number of aromatic amines is 1. The topological polar surface area (TPSA) is 74.8 Å². The molecule has 1 heterocycles. The molecule has 2 aromatic rings. The monoisotopic (exact) mass is 341 g/mol. The SMILES string of the molecule is C[C@H](NC(=O)CCCCCCCc1ccccc1)c1ccc(=O)[nH]n1. The molecule has 1 aromatic carbocycles. The van der Waals surface area contributed by atoms with E-state index in [1.807, 2.05) is 13.0 Å². The van der Waals surface area contributed by atoms with E-state index in [2.05, 4.69) is 39.8 Å². The maximum absolute atomic E-state index is 12.0. The predicted molar refractivity (Wildman–Crippen MR) is 99.3 cm³/mol. The summed E-state index contributed by atoms with van der Waals surface area (Å²) in [6.45, 7) is 1.86. The predicted octanol–water partition coefficient (Wildman–Crippen LogP) is 3.53. The van der Waals surface area contributed by atoms with Crippen molar-refractivity contribution < 1.29 is 4.79 Å². The van der Waals surface area contributed by atoms with Crippen molar-refractivity contribution in [2.24, 2.45) is 0 Å². The molecule has 5 nitrogen and oxygen atoms in total. The molecule has 0 aliphatic rings. The van der Waals surface area contributed by atoms with Crippen LogP contribution in [0.25, 0.3) is 0 Å². The van der Waals surface area contributed by atoms with E-state index in [4.69, 9.17) is 0 Å². The van der Waals surface area contributed by atoms with Crippen LogP contribution < -0.4 is 10.9 Å². The second kappa shape index (κ2) is 10.4. The van der Waals surface area contributed by atoms with Gasteiger partial charge in [0, 0.05) is 12.5 Å². The first kappa shape index (κ1) is 18.9. The number of aromatic nitrogens is 2. The number of amides is 1. The van der Waals surface area contributed by atoms with Gasteiger partial charge in [0.15, 0.2) is 0 Å². The number of nitrogens with one attached hydrogen (secondary N) is 2. The highest BCUT2D eigenvalue weighted by Gasteiger charge is 2.10. The maximum atomic E-state index is 12.0. The molecule has 2 rings (SSSR count). The first-order chi connectivity index (χ1) is 12.1. The Morgan fingerprint density at radius 3 is 2.48 bits per heavy atom. The quantitative estimate of drug-likeness (QED) is 0.649. The zero-order valence-electron chi connectivity index (χ0n) is 14.8. The van der Waals surface area contributed by atoms with Gasteiger partial charge in [-0.25, -0.2) is 5.10 Å². The fraction of sp³-hybridized carbons (Fsp3) is 0.450. The molecule has 0 unspecified atom stereocenters. The standard InChI is InChI=1S/C20H27N3O2/c1-16(18-14-15-20(25)23-22-18)21-19(24)13-9-4-2-3-6-10-17-11-7-5-8-12-17/h5,7-8,11-12,14-16H,2-4,6,9-10,13H2,1H3,(H,21,24)(H,23,25)/t16-/m0/s1. The number of carbonyl (C=O) groups excluding carboxylic acids is 1. The van der Waals surface area contributed by atoms with Crippen LogP contribution in [0.15, 0.2) is 47.3 Å². The van der Waals surface area contributed by atoms with Gasteiger partial charge in [-0.15, -0.1) is 0 Å². The normalized spacial score (nSPS) is 11.9. The minimum absolute atomic E-state index is 0.0322. The molecule has 5 heteroatoms. The lowest BCUT2D eigenvalue weighted by Crippen LogP contribution is -2.27. The number of H-pyrrole nitrogens is 1. The molecule has 1 amide bonds. The third-order valence-electron chi connectivity index (χ3n) is 4.23. The Morgan fingerprint density at radius 2 is 1.76 bits per heavy atom. The molecule has 2 N–H and O–H groups in total. The van der Waals surface area contributed by atoms with Gasteiger partial charge in [-0.05, 0) is 37.8 Å². The summed E-state index contributed by atoms with van der Waals surface area (Å²) < 4.78 is 0. The van der Waals surface area contributed by atoms with Crippen LogP contribution in [0.1, 0.15) is 62.7 Å². The first-order valence-corrected chi connectivity index (χ1v) is 9.04. The molecule has 0 bridgehead atoms. The molecule has 0 radical (unpaired) electrons. The molecule has 1 atom stereocenters. The van der Waals surface area contributed by atoms with Gasteiger partial charge in [-0.3, -0.25) is 9.59 Å². The molecule has 134 valence electrons. The third kappa shape index (κ3) is 7.33. The van der Waals surface area contributed by atoms with E-state index in [9.17, 15) is 9.59 Å². The summed E-state index contributed by atoms with van der Waals surface area (Å²) in [7, 11) is 0. The molecule has 0 aliphatic carbocycles. The van der Waals surface area contributed by atoms with E-state index in [-0.39, 0.29) is 17.5 Å². The Bertz CT molecular complexity index is 677.